The van der Waals surface area contributed by atoms with Gasteiger partial charge < -0.3 is 9.88 Å². The molecule has 8 heteroatoms. The number of pyridine rings is 1. The van der Waals surface area contributed by atoms with E-state index >= 15 is 0 Å². The van der Waals surface area contributed by atoms with Crippen LogP contribution in [-0.4, -0.2) is 21.9 Å². The fraction of sp³-hybridized carbons (Fsp3) is 0.167. The van der Waals surface area contributed by atoms with Crippen molar-refractivity contribution in [2.24, 2.45) is 0 Å². The summed E-state index contributed by atoms with van der Waals surface area (Å²) in [6.07, 6.45) is 0.281. The van der Waals surface area contributed by atoms with E-state index in [1.54, 1.807) is 6.07 Å². The molecule has 20 heavy (non-hydrogen) atoms. The number of hydrogen-bond acceptors (Lipinski definition) is 2. The van der Waals surface area contributed by atoms with Crippen molar-refractivity contribution in [1.29, 1.82) is 0 Å². The molecular formula is C12H9BrClF2N3O. The summed E-state index contributed by atoms with van der Waals surface area (Å²) in [5.74, 6) is -0.494. The highest BCUT2D eigenvalue weighted by Gasteiger charge is 2.14. The third-order valence-corrected chi connectivity index (χ3v) is 3.58. The predicted molar refractivity (Wildman–Crippen MR) is 75.3 cm³/mol. The number of hydrogen-bond donors (Lipinski definition) is 1. The minimum atomic E-state index is -2.53. The molecule has 2 aromatic rings. The van der Waals surface area contributed by atoms with Crippen molar-refractivity contribution >= 4 is 39.1 Å². The predicted octanol–water partition coefficient (Wildman–Crippen LogP) is 3.82. The van der Waals surface area contributed by atoms with E-state index in [2.05, 4.69) is 26.2 Å². The maximum atomic E-state index is 12.4. The van der Waals surface area contributed by atoms with Gasteiger partial charge in [-0.05, 0) is 34.1 Å². The quantitative estimate of drug-likeness (QED) is 0.839. The Bertz CT molecular complexity index is 633. The molecule has 1 N–H and O–H groups in total. The molecule has 0 fully saturated rings. The summed E-state index contributed by atoms with van der Waals surface area (Å²) in [7, 11) is 0. The Kier molecular flexibility index (Phi) is 4.72. The summed E-state index contributed by atoms with van der Waals surface area (Å²) in [5.41, 5.74) is 0.562. The first-order valence-electron chi connectivity index (χ1n) is 5.53. The van der Waals surface area contributed by atoms with E-state index in [4.69, 9.17) is 11.6 Å². The molecule has 106 valence electrons. The Labute approximate surface area is 126 Å². The van der Waals surface area contributed by atoms with Crippen LogP contribution in [0.1, 0.15) is 10.5 Å². The fourth-order valence-corrected chi connectivity index (χ4v) is 2.07. The molecule has 0 aliphatic heterocycles. The Morgan fingerprint density at radius 3 is 2.95 bits per heavy atom. The smallest absolute Gasteiger partial charge is 0.272 e. The zero-order chi connectivity index (χ0) is 14.7. The molecule has 0 saturated heterocycles. The summed E-state index contributed by atoms with van der Waals surface area (Å²) in [6.45, 7) is -0.529. The number of nitrogens with one attached hydrogen (secondary N) is 1. The van der Waals surface area contributed by atoms with Crippen LogP contribution < -0.4 is 5.32 Å². The maximum Gasteiger partial charge on any atom is 0.272 e. The van der Waals surface area contributed by atoms with Gasteiger partial charge in [-0.3, -0.25) is 4.79 Å². The highest BCUT2D eigenvalue weighted by Crippen LogP contribution is 2.23. The Morgan fingerprint density at radius 2 is 2.30 bits per heavy atom. The average molecular weight is 365 g/mol. The topological polar surface area (TPSA) is 46.9 Å². The molecule has 0 aliphatic carbocycles. The molecular weight excluding hydrogens is 356 g/mol. The minimum absolute atomic E-state index is 0.149. The lowest BCUT2D eigenvalue weighted by molar-refractivity contribution is 0.0997. The summed E-state index contributed by atoms with van der Waals surface area (Å²) in [4.78, 5) is 15.9. The van der Waals surface area contributed by atoms with Crippen molar-refractivity contribution in [3.05, 3.63) is 45.9 Å². The molecule has 0 radical (unpaired) electrons. The lowest BCUT2D eigenvalue weighted by Gasteiger charge is -2.09. The van der Waals surface area contributed by atoms with E-state index in [9.17, 15) is 13.6 Å². The van der Waals surface area contributed by atoms with Gasteiger partial charge in [-0.2, -0.15) is 0 Å². The van der Waals surface area contributed by atoms with Gasteiger partial charge in [-0.1, -0.05) is 11.6 Å². The molecule has 0 saturated carbocycles. The normalized spacial score (nSPS) is 10.8. The molecule has 0 aliphatic rings. The number of aromatic nitrogens is 2. The van der Waals surface area contributed by atoms with Gasteiger partial charge in [0.25, 0.3) is 12.3 Å². The summed E-state index contributed by atoms with van der Waals surface area (Å²) in [6, 6.07) is 4.58. The van der Waals surface area contributed by atoms with Crippen LogP contribution >= 0.6 is 27.5 Å². The van der Waals surface area contributed by atoms with Gasteiger partial charge >= 0.3 is 0 Å². The van der Waals surface area contributed by atoms with Crippen molar-refractivity contribution < 1.29 is 13.6 Å². The second kappa shape index (κ2) is 6.32. The first kappa shape index (κ1) is 14.9. The van der Waals surface area contributed by atoms with Gasteiger partial charge in [-0.15, -0.1) is 0 Å². The summed E-state index contributed by atoms with van der Waals surface area (Å²) in [5, 5.41) is 2.84. The molecule has 1 amide bonds. The molecule has 0 atom stereocenters. The van der Waals surface area contributed by atoms with Gasteiger partial charge in [0, 0.05) is 6.20 Å². The Morgan fingerprint density at radius 1 is 1.55 bits per heavy atom. The highest BCUT2D eigenvalue weighted by molar-refractivity contribution is 9.10. The first-order valence-corrected chi connectivity index (χ1v) is 6.70. The molecule has 0 aromatic carbocycles. The fourth-order valence-electron chi connectivity index (χ4n) is 1.61. The second-order valence-electron chi connectivity index (χ2n) is 3.89. The third kappa shape index (κ3) is 3.55. The van der Waals surface area contributed by atoms with E-state index in [-0.39, 0.29) is 10.8 Å². The van der Waals surface area contributed by atoms with Crippen LogP contribution in [0.4, 0.5) is 14.5 Å². The highest BCUT2D eigenvalue weighted by atomic mass is 79.9. The van der Waals surface area contributed by atoms with Crippen LogP contribution in [-0.2, 0) is 6.54 Å². The number of alkyl halides is 2. The van der Waals surface area contributed by atoms with Crippen LogP contribution in [0.2, 0.25) is 5.15 Å². The average Bonchev–Trinajstić information content (AvgIpc) is 2.81. The maximum absolute atomic E-state index is 12.4. The summed E-state index contributed by atoms with van der Waals surface area (Å²) < 4.78 is 26.5. The lowest BCUT2D eigenvalue weighted by Crippen LogP contribution is -2.19. The monoisotopic (exact) mass is 363 g/mol. The van der Waals surface area contributed by atoms with Gasteiger partial charge in [0.15, 0.2) is 0 Å². The van der Waals surface area contributed by atoms with Crippen molar-refractivity contribution in [1.82, 2.24) is 9.55 Å². The molecule has 0 bridgehead atoms. The number of carbonyl (C=O) groups is 1. The first-order chi connectivity index (χ1) is 9.47. The largest absolute Gasteiger partial charge is 0.338 e. The second-order valence-corrected chi connectivity index (χ2v) is 5.10. The molecule has 2 aromatic heterocycles. The number of amides is 1. The molecule has 4 nitrogen and oxygen atoms in total. The molecule has 0 spiro atoms. The van der Waals surface area contributed by atoms with E-state index in [0.717, 1.165) is 0 Å². The SMILES string of the molecule is O=C(Nc1cnc(Cl)c(Br)c1)c1cccn1CC(F)F. The Balaban J connectivity index is 2.15. The number of nitrogens with zero attached hydrogens (tertiary/aromatic N) is 2. The van der Waals surface area contributed by atoms with Crippen molar-refractivity contribution in [2.75, 3.05) is 5.32 Å². The standard InChI is InChI=1S/C12H9BrClF2N3O/c13-8-4-7(5-17-11(8)14)18-12(20)9-2-1-3-19(9)6-10(15)16/h1-5,10H,6H2,(H,18,20). The number of rotatable bonds is 4. The molecule has 2 heterocycles. The van der Waals surface area contributed by atoms with Gasteiger partial charge in [0.2, 0.25) is 0 Å². The van der Waals surface area contributed by atoms with Crippen LogP contribution in [0.5, 0.6) is 0 Å². The molecule has 0 unspecified atom stereocenters. The van der Waals surface area contributed by atoms with Gasteiger partial charge in [0.05, 0.1) is 22.9 Å². The summed E-state index contributed by atoms with van der Waals surface area (Å²) >= 11 is 8.92. The number of carbonyl (C=O) groups excluding carboxylic acids is 1. The van der Waals surface area contributed by atoms with E-state index in [1.807, 2.05) is 0 Å². The number of halogens is 4. The zero-order valence-electron chi connectivity index (χ0n) is 9.99. The van der Waals surface area contributed by atoms with Crippen molar-refractivity contribution in [2.45, 2.75) is 13.0 Å². The Hall–Kier alpha value is -1.47. The third-order valence-electron chi connectivity index (χ3n) is 2.45. The van der Waals surface area contributed by atoms with E-state index < -0.39 is 18.9 Å². The van der Waals surface area contributed by atoms with Gasteiger partial charge in [0.1, 0.15) is 10.8 Å². The van der Waals surface area contributed by atoms with E-state index in [1.165, 1.54) is 29.1 Å². The van der Waals surface area contributed by atoms with Crippen LogP contribution in [0.3, 0.4) is 0 Å². The van der Waals surface area contributed by atoms with Crippen molar-refractivity contribution in [3.8, 4) is 0 Å². The van der Waals surface area contributed by atoms with Crippen molar-refractivity contribution in [3.63, 3.8) is 0 Å². The van der Waals surface area contributed by atoms with Crippen LogP contribution in [0.15, 0.2) is 35.1 Å². The van der Waals surface area contributed by atoms with E-state index in [0.29, 0.717) is 10.2 Å². The minimum Gasteiger partial charge on any atom is -0.338 e. The van der Waals surface area contributed by atoms with Crippen LogP contribution in [0.25, 0.3) is 0 Å². The lowest BCUT2D eigenvalue weighted by atomic mass is 10.3. The number of anilines is 1. The van der Waals surface area contributed by atoms with Crippen LogP contribution in [0, 0.1) is 0 Å². The molecule has 2 rings (SSSR count). The zero-order valence-corrected chi connectivity index (χ0v) is 12.3. The van der Waals surface area contributed by atoms with Gasteiger partial charge in [-0.25, -0.2) is 13.8 Å².